The maximum atomic E-state index is 12.2. The summed E-state index contributed by atoms with van der Waals surface area (Å²) in [6.45, 7) is 2.04. The highest BCUT2D eigenvalue weighted by Crippen LogP contribution is 2.18. The highest BCUT2D eigenvalue weighted by atomic mass is 35.5. The average Bonchev–Trinajstić information content (AvgIpc) is 2.83. The molecule has 8 nitrogen and oxygen atoms in total. The molecule has 0 saturated heterocycles. The monoisotopic (exact) mass is 330 g/mol. The van der Waals surface area contributed by atoms with Crippen LogP contribution < -0.4 is 4.72 Å². The number of sulfonamides is 1. The molecule has 21 heavy (non-hydrogen) atoms. The molecule has 2 aromatic rings. The SMILES string of the molecule is CCn1cc(S(=O)(=O)Nc2ccnc(Cl)n2)cc1C(=O)O. The van der Waals surface area contributed by atoms with Gasteiger partial charge in [-0.3, -0.25) is 4.72 Å². The third-order valence-corrected chi connectivity index (χ3v) is 4.11. The lowest BCUT2D eigenvalue weighted by Gasteiger charge is -2.05. The summed E-state index contributed by atoms with van der Waals surface area (Å²) < 4.78 is 27.9. The summed E-state index contributed by atoms with van der Waals surface area (Å²) >= 11 is 5.57. The Hall–Kier alpha value is -2.13. The van der Waals surface area contributed by atoms with E-state index in [4.69, 9.17) is 16.7 Å². The highest BCUT2D eigenvalue weighted by molar-refractivity contribution is 7.92. The van der Waals surface area contributed by atoms with Gasteiger partial charge in [-0.25, -0.2) is 18.2 Å². The predicted molar refractivity (Wildman–Crippen MR) is 74.9 cm³/mol. The molecule has 0 amide bonds. The first-order valence-corrected chi connectivity index (χ1v) is 7.64. The second kappa shape index (κ2) is 5.70. The molecule has 0 aliphatic heterocycles. The lowest BCUT2D eigenvalue weighted by atomic mass is 10.4. The van der Waals surface area contributed by atoms with Crippen molar-refractivity contribution in [2.45, 2.75) is 18.4 Å². The van der Waals surface area contributed by atoms with Crippen LogP contribution in [0.15, 0.2) is 29.4 Å². The van der Waals surface area contributed by atoms with E-state index in [0.29, 0.717) is 6.54 Å². The summed E-state index contributed by atoms with van der Waals surface area (Å²) in [4.78, 5) is 18.2. The van der Waals surface area contributed by atoms with E-state index in [-0.39, 0.29) is 21.7 Å². The van der Waals surface area contributed by atoms with E-state index in [9.17, 15) is 13.2 Å². The molecular formula is C11H11ClN4O4S. The van der Waals surface area contributed by atoms with Crippen LogP contribution >= 0.6 is 11.6 Å². The normalized spacial score (nSPS) is 11.3. The molecule has 2 aromatic heterocycles. The number of hydrogen-bond donors (Lipinski definition) is 2. The van der Waals surface area contributed by atoms with Crippen LogP contribution in [-0.4, -0.2) is 34.0 Å². The fraction of sp³-hybridized carbons (Fsp3) is 0.182. The van der Waals surface area contributed by atoms with E-state index < -0.39 is 16.0 Å². The molecule has 0 spiro atoms. The third-order valence-electron chi connectivity index (χ3n) is 2.61. The zero-order chi connectivity index (χ0) is 15.6. The van der Waals surface area contributed by atoms with Crippen LogP contribution in [0, 0.1) is 0 Å². The quantitative estimate of drug-likeness (QED) is 0.802. The van der Waals surface area contributed by atoms with Gasteiger partial charge in [0.1, 0.15) is 16.4 Å². The number of anilines is 1. The second-order valence-electron chi connectivity index (χ2n) is 3.97. The van der Waals surface area contributed by atoms with Gasteiger partial charge in [0, 0.05) is 18.9 Å². The fourth-order valence-corrected chi connectivity index (χ4v) is 2.85. The summed E-state index contributed by atoms with van der Waals surface area (Å²) in [6.07, 6.45) is 2.54. The topological polar surface area (TPSA) is 114 Å². The zero-order valence-corrected chi connectivity index (χ0v) is 12.4. The summed E-state index contributed by atoms with van der Waals surface area (Å²) in [5.41, 5.74) is -0.112. The van der Waals surface area contributed by atoms with Gasteiger partial charge in [0.15, 0.2) is 0 Å². The number of aromatic carboxylic acids is 1. The maximum absolute atomic E-state index is 12.2. The number of hydrogen-bond acceptors (Lipinski definition) is 5. The van der Waals surface area contributed by atoms with Crippen LogP contribution in [0.25, 0.3) is 0 Å². The Morgan fingerprint density at radius 1 is 1.52 bits per heavy atom. The van der Waals surface area contributed by atoms with E-state index in [1.165, 1.54) is 23.0 Å². The molecular weight excluding hydrogens is 320 g/mol. The Morgan fingerprint density at radius 3 is 2.76 bits per heavy atom. The molecule has 0 aromatic carbocycles. The van der Waals surface area contributed by atoms with Crippen molar-refractivity contribution in [3.05, 3.63) is 35.5 Å². The van der Waals surface area contributed by atoms with Gasteiger partial charge in [-0.15, -0.1) is 0 Å². The van der Waals surface area contributed by atoms with E-state index in [0.717, 1.165) is 6.07 Å². The second-order valence-corrected chi connectivity index (χ2v) is 5.99. The van der Waals surface area contributed by atoms with Crippen molar-refractivity contribution in [2.75, 3.05) is 4.72 Å². The van der Waals surface area contributed by atoms with Crippen molar-refractivity contribution in [3.63, 3.8) is 0 Å². The van der Waals surface area contributed by atoms with Gasteiger partial charge in [0.25, 0.3) is 10.0 Å². The number of rotatable bonds is 5. The number of halogens is 1. The molecule has 0 saturated carbocycles. The molecule has 112 valence electrons. The number of aryl methyl sites for hydroxylation is 1. The van der Waals surface area contributed by atoms with Gasteiger partial charge in [-0.2, -0.15) is 4.98 Å². The number of aromatic nitrogens is 3. The summed E-state index contributed by atoms with van der Waals surface area (Å²) in [5.74, 6) is -1.21. The Kier molecular flexibility index (Phi) is 4.14. The van der Waals surface area contributed by atoms with Crippen molar-refractivity contribution < 1.29 is 18.3 Å². The average molecular weight is 331 g/mol. The number of carboxylic acid groups (broad SMARTS) is 1. The smallest absolute Gasteiger partial charge is 0.352 e. The van der Waals surface area contributed by atoms with Gasteiger partial charge >= 0.3 is 5.97 Å². The van der Waals surface area contributed by atoms with Gasteiger partial charge in [-0.05, 0) is 30.7 Å². The van der Waals surface area contributed by atoms with Crippen molar-refractivity contribution in [1.29, 1.82) is 0 Å². The van der Waals surface area contributed by atoms with Crippen LogP contribution in [0.2, 0.25) is 5.28 Å². The molecule has 2 N–H and O–H groups in total. The van der Waals surface area contributed by atoms with Crippen molar-refractivity contribution in [3.8, 4) is 0 Å². The molecule has 0 bridgehead atoms. The molecule has 0 atom stereocenters. The first-order valence-electron chi connectivity index (χ1n) is 5.78. The standard InChI is InChI=1S/C11H11ClN4O4S/c1-2-16-6-7(5-8(16)10(17)18)21(19,20)15-9-3-4-13-11(12)14-9/h3-6H,2H2,1H3,(H,17,18)(H,13,14,15). The van der Waals surface area contributed by atoms with Crippen LogP contribution in [0.4, 0.5) is 5.82 Å². The van der Waals surface area contributed by atoms with Crippen molar-refractivity contribution in [2.24, 2.45) is 0 Å². The Morgan fingerprint density at radius 2 is 2.24 bits per heavy atom. The molecule has 10 heteroatoms. The Bertz CT molecular complexity index is 787. The summed E-state index contributed by atoms with van der Waals surface area (Å²) in [5, 5.41) is 8.92. The maximum Gasteiger partial charge on any atom is 0.352 e. The fourth-order valence-electron chi connectivity index (χ4n) is 1.66. The van der Waals surface area contributed by atoms with Crippen LogP contribution in [-0.2, 0) is 16.6 Å². The Labute approximate surface area is 125 Å². The number of carboxylic acids is 1. The molecule has 0 aliphatic carbocycles. The number of nitrogens with zero attached hydrogens (tertiary/aromatic N) is 3. The lowest BCUT2D eigenvalue weighted by Crippen LogP contribution is -2.13. The number of nitrogens with one attached hydrogen (secondary N) is 1. The highest BCUT2D eigenvalue weighted by Gasteiger charge is 2.21. The van der Waals surface area contributed by atoms with Crippen LogP contribution in [0.5, 0.6) is 0 Å². The lowest BCUT2D eigenvalue weighted by molar-refractivity contribution is 0.0685. The minimum Gasteiger partial charge on any atom is -0.477 e. The molecule has 2 heterocycles. The molecule has 0 unspecified atom stereocenters. The van der Waals surface area contributed by atoms with Gasteiger partial charge in [0.2, 0.25) is 5.28 Å². The van der Waals surface area contributed by atoms with Crippen LogP contribution in [0.1, 0.15) is 17.4 Å². The summed E-state index contributed by atoms with van der Waals surface area (Å²) in [7, 11) is -3.96. The van der Waals surface area contributed by atoms with E-state index in [1.807, 2.05) is 0 Å². The first kappa shape index (κ1) is 15.3. The van der Waals surface area contributed by atoms with E-state index in [1.54, 1.807) is 6.92 Å². The molecule has 0 aliphatic rings. The molecule has 0 radical (unpaired) electrons. The predicted octanol–water partition coefficient (Wildman–Crippen LogP) is 1.45. The largest absolute Gasteiger partial charge is 0.477 e. The Balaban J connectivity index is 2.38. The van der Waals surface area contributed by atoms with E-state index >= 15 is 0 Å². The molecule has 0 fully saturated rings. The molecule has 2 rings (SSSR count). The van der Waals surface area contributed by atoms with Gasteiger partial charge < -0.3 is 9.67 Å². The van der Waals surface area contributed by atoms with Crippen molar-refractivity contribution >= 4 is 33.4 Å². The van der Waals surface area contributed by atoms with Gasteiger partial charge in [-0.1, -0.05) is 0 Å². The van der Waals surface area contributed by atoms with Crippen molar-refractivity contribution in [1.82, 2.24) is 14.5 Å². The third kappa shape index (κ3) is 3.31. The van der Waals surface area contributed by atoms with Crippen LogP contribution in [0.3, 0.4) is 0 Å². The number of carbonyl (C=O) groups is 1. The first-order chi connectivity index (χ1) is 9.83. The van der Waals surface area contributed by atoms with Gasteiger partial charge in [0.05, 0.1) is 0 Å². The summed E-state index contributed by atoms with van der Waals surface area (Å²) in [6, 6.07) is 2.41. The minimum absolute atomic E-state index is 0.00359. The van der Waals surface area contributed by atoms with E-state index in [2.05, 4.69) is 14.7 Å². The zero-order valence-electron chi connectivity index (χ0n) is 10.8. The minimum atomic E-state index is -3.96.